The Hall–Kier alpha value is -0.570. The van der Waals surface area contributed by atoms with E-state index in [2.05, 4.69) is 0 Å². The molecular weight excluding hydrogens is 128 g/mol. The molecule has 0 rings (SSSR count). The zero-order valence-electron chi connectivity index (χ0n) is 7.36. The van der Waals surface area contributed by atoms with Gasteiger partial charge in [0.25, 0.3) is 0 Å². The number of hydrogen-bond acceptors (Lipinski definition) is 2. The van der Waals surface area contributed by atoms with Crippen LogP contribution in [0.2, 0.25) is 0 Å². The van der Waals surface area contributed by atoms with E-state index in [0.29, 0.717) is 5.84 Å². The molecule has 60 valence electrons. The maximum Gasteiger partial charge on any atom is 0.128 e. The molecule has 0 unspecified atom stereocenters. The first-order chi connectivity index (χ1) is 4.41. The largest absolute Gasteiger partial charge is 0.371 e. The Labute approximate surface area is 62.5 Å². The fourth-order valence-electron chi connectivity index (χ4n) is 0.635. The average molecular weight is 144 g/mol. The van der Waals surface area contributed by atoms with Crippen LogP contribution in [0.4, 0.5) is 0 Å². The van der Waals surface area contributed by atoms with Crippen molar-refractivity contribution in [3.05, 3.63) is 0 Å². The van der Waals surface area contributed by atoms with Gasteiger partial charge in [0.2, 0.25) is 0 Å². The lowest BCUT2D eigenvalue weighted by Gasteiger charge is -2.28. The maximum absolute atomic E-state index is 7.55. The van der Waals surface area contributed by atoms with Crippen LogP contribution in [0, 0.1) is 5.41 Å². The summed E-state index contributed by atoms with van der Waals surface area (Å²) in [6.45, 7) is 3.74. The number of nitrogens with zero attached hydrogens (tertiary/aromatic N) is 1. The van der Waals surface area contributed by atoms with Crippen LogP contribution in [0.3, 0.4) is 0 Å². The third-order valence-corrected chi connectivity index (χ3v) is 1.53. The van der Waals surface area contributed by atoms with Crippen LogP contribution in [0.5, 0.6) is 0 Å². The zero-order chi connectivity index (χ0) is 8.36. The highest BCUT2D eigenvalue weighted by molar-refractivity contribution is 5.86. The number of hydrogen-bond donors (Lipinski definition) is 1. The number of amidine groups is 1. The van der Waals surface area contributed by atoms with E-state index in [4.69, 9.17) is 10.1 Å². The Morgan fingerprint density at radius 1 is 1.40 bits per heavy atom. The molecule has 0 aliphatic rings. The third kappa shape index (κ3) is 1.99. The van der Waals surface area contributed by atoms with Gasteiger partial charge in [0.15, 0.2) is 0 Å². The Morgan fingerprint density at radius 3 is 1.90 bits per heavy atom. The summed E-state index contributed by atoms with van der Waals surface area (Å²) >= 11 is 0. The highest BCUT2D eigenvalue weighted by atomic mass is 16.5. The van der Waals surface area contributed by atoms with Crippen molar-refractivity contribution in [3.63, 3.8) is 0 Å². The highest BCUT2D eigenvalue weighted by Gasteiger charge is 2.23. The van der Waals surface area contributed by atoms with Crippen molar-refractivity contribution in [2.45, 2.75) is 19.4 Å². The van der Waals surface area contributed by atoms with Gasteiger partial charge in [-0.25, -0.2) is 0 Å². The standard InChI is InChI=1S/C7H16N2O/c1-7(2,10-5)6(8)9(3)4/h8H,1-5H3. The molecule has 10 heavy (non-hydrogen) atoms. The molecule has 0 atom stereocenters. The summed E-state index contributed by atoms with van der Waals surface area (Å²) in [7, 11) is 5.28. The predicted octanol–water partition coefficient (Wildman–Crippen LogP) is 0.950. The van der Waals surface area contributed by atoms with Gasteiger partial charge in [-0.05, 0) is 13.8 Å². The predicted molar refractivity (Wildman–Crippen MR) is 42.5 cm³/mol. The maximum atomic E-state index is 7.55. The molecule has 0 amide bonds. The molecule has 0 aromatic heterocycles. The topological polar surface area (TPSA) is 36.3 Å². The van der Waals surface area contributed by atoms with E-state index in [9.17, 15) is 0 Å². The van der Waals surface area contributed by atoms with Crippen LogP contribution in [0.25, 0.3) is 0 Å². The van der Waals surface area contributed by atoms with E-state index >= 15 is 0 Å². The fraction of sp³-hybridized carbons (Fsp3) is 0.857. The first kappa shape index (κ1) is 9.43. The molecule has 0 aliphatic carbocycles. The van der Waals surface area contributed by atoms with E-state index in [0.717, 1.165) is 0 Å². The summed E-state index contributed by atoms with van der Waals surface area (Å²) in [6.07, 6.45) is 0. The Bertz CT molecular complexity index is 130. The fourth-order valence-corrected chi connectivity index (χ4v) is 0.635. The Kier molecular flexibility index (Phi) is 2.84. The van der Waals surface area contributed by atoms with Crippen molar-refractivity contribution in [1.82, 2.24) is 4.90 Å². The number of nitrogens with one attached hydrogen (secondary N) is 1. The number of ether oxygens (including phenoxy) is 1. The molecule has 0 aliphatic heterocycles. The molecule has 1 N–H and O–H groups in total. The number of likely N-dealkylation sites (N-methyl/N-ethyl adjacent to an activating group) is 1. The van der Waals surface area contributed by atoms with E-state index in [1.54, 1.807) is 12.0 Å². The molecule has 0 aromatic carbocycles. The summed E-state index contributed by atoms with van der Waals surface area (Å²) in [5.41, 5.74) is -0.469. The van der Waals surface area contributed by atoms with Crippen molar-refractivity contribution in [2.24, 2.45) is 0 Å². The van der Waals surface area contributed by atoms with Crippen LogP contribution < -0.4 is 0 Å². The van der Waals surface area contributed by atoms with Crippen LogP contribution in [-0.4, -0.2) is 37.5 Å². The normalized spacial score (nSPS) is 11.3. The van der Waals surface area contributed by atoms with Gasteiger partial charge in [-0.15, -0.1) is 0 Å². The minimum absolute atomic E-state index is 0.469. The van der Waals surface area contributed by atoms with Gasteiger partial charge < -0.3 is 9.64 Å². The summed E-state index contributed by atoms with van der Waals surface area (Å²) in [5, 5.41) is 7.55. The molecule has 0 bridgehead atoms. The Balaban J connectivity index is 4.19. The molecule has 3 heteroatoms. The number of rotatable bonds is 2. The summed E-state index contributed by atoms with van der Waals surface area (Å²) in [6, 6.07) is 0. The lowest BCUT2D eigenvalue weighted by atomic mass is 10.1. The van der Waals surface area contributed by atoms with Gasteiger partial charge in [0, 0.05) is 21.2 Å². The van der Waals surface area contributed by atoms with E-state index < -0.39 is 5.60 Å². The molecule has 3 nitrogen and oxygen atoms in total. The molecule has 0 fully saturated rings. The van der Waals surface area contributed by atoms with Gasteiger partial charge in [-0.2, -0.15) is 0 Å². The molecule has 0 aromatic rings. The second-order valence-corrected chi connectivity index (χ2v) is 2.96. The van der Waals surface area contributed by atoms with Crippen molar-refractivity contribution < 1.29 is 4.74 Å². The summed E-state index contributed by atoms with van der Waals surface area (Å²) < 4.78 is 5.09. The van der Waals surface area contributed by atoms with Crippen molar-refractivity contribution >= 4 is 5.84 Å². The lowest BCUT2D eigenvalue weighted by molar-refractivity contribution is 0.0730. The summed E-state index contributed by atoms with van der Waals surface area (Å²) in [4.78, 5) is 1.74. The van der Waals surface area contributed by atoms with Crippen LogP contribution >= 0.6 is 0 Å². The minimum atomic E-state index is -0.469. The second-order valence-electron chi connectivity index (χ2n) is 2.96. The molecule has 0 saturated carbocycles. The summed E-state index contributed by atoms with van der Waals surface area (Å²) in [5.74, 6) is 0.481. The van der Waals surface area contributed by atoms with Gasteiger partial charge >= 0.3 is 0 Å². The third-order valence-electron chi connectivity index (χ3n) is 1.53. The average Bonchev–Trinajstić information content (AvgIpc) is 1.86. The first-order valence-electron chi connectivity index (χ1n) is 3.23. The molecule has 0 heterocycles. The van der Waals surface area contributed by atoms with Crippen molar-refractivity contribution in [1.29, 1.82) is 5.41 Å². The SMILES string of the molecule is COC(C)(C)C(=N)N(C)C. The second kappa shape index (κ2) is 3.01. The van der Waals surface area contributed by atoms with Gasteiger partial charge in [0.1, 0.15) is 11.4 Å². The minimum Gasteiger partial charge on any atom is -0.371 e. The smallest absolute Gasteiger partial charge is 0.128 e. The monoisotopic (exact) mass is 144 g/mol. The van der Waals surface area contributed by atoms with Crippen LogP contribution in [0.15, 0.2) is 0 Å². The molecular formula is C7H16N2O. The van der Waals surface area contributed by atoms with Crippen molar-refractivity contribution in [3.8, 4) is 0 Å². The van der Waals surface area contributed by atoms with Gasteiger partial charge in [-0.1, -0.05) is 0 Å². The van der Waals surface area contributed by atoms with Crippen LogP contribution in [-0.2, 0) is 4.74 Å². The van der Waals surface area contributed by atoms with Crippen molar-refractivity contribution in [2.75, 3.05) is 21.2 Å². The Morgan fingerprint density at radius 2 is 1.80 bits per heavy atom. The molecule has 0 spiro atoms. The van der Waals surface area contributed by atoms with Crippen LogP contribution in [0.1, 0.15) is 13.8 Å². The highest BCUT2D eigenvalue weighted by Crippen LogP contribution is 2.09. The van der Waals surface area contributed by atoms with E-state index in [-0.39, 0.29) is 0 Å². The van der Waals surface area contributed by atoms with Gasteiger partial charge in [-0.3, -0.25) is 5.41 Å². The van der Waals surface area contributed by atoms with Gasteiger partial charge in [0.05, 0.1) is 0 Å². The molecule has 0 radical (unpaired) electrons. The number of methoxy groups -OCH3 is 1. The first-order valence-corrected chi connectivity index (χ1v) is 3.23. The van der Waals surface area contributed by atoms with E-state index in [1.807, 2.05) is 27.9 Å². The molecule has 0 saturated heterocycles. The van der Waals surface area contributed by atoms with E-state index in [1.165, 1.54) is 0 Å². The quantitative estimate of drug-likeness (QED) is 0.462. The lowest BCUT2D eigenvalue weighted by Crippen LogP contribution is -2.42. The zero-order valence-corrected chi connectivity index (χ0v) is 7.36.